The summed E-state index contributed by atoms with van der Waals surface area (Å²) in [7, 11) is 1.80. The number of aryl methyl sites for hydroxylation is 4. The van der Waals surface area contributed by atoms with Crippen LogP contribution in [0.25, 0.3) is 0 Å². The smallest absolute Gasteiger partial charge is 0.191 e. The molecule has 0 atom stereocenters. The fourth-order valence-electron chi connectivity index (χ4n) is 2.88. The van der Waals surface area contributed by atoms with E-state index in [1.165, 1.54) is 27.1 Å². The van der Waals surface area contributed by atoms with Gasteiger partial charge in [0.25, 0.3) is 0 Å². The molecule has 0 amide bonds. The van der Waals surface area contributed by atoms with Gasteiger partial charge in [-0.3, -0.25) is 4.99 Å². The Bertz CT molecular complexity index is 680. The molecule has 4 nitrogen and oxygen atoms in total. The van der Waals surface area contributed by atoms with Gasteiger partial charge in [0.05, 0.1) is 6.54 Å². The van der Waals surface area contributed by atoms with Crippen LogP contribution in [0.3, 0.4) is 0 Å². The average Bonchev–Trinajstić information content (AvgIpc) is 3.00. The molecule has 0 fully saturated rings. The van der Waals surface area contributed by atoms with Crippen molar-refractivity contribution in [1.29, 1.82) is 0 Å². The number of benzene rings is 1. The maximum Gasteiger partial charge on any atom is 0.191 e. The van der Waals surface area contributed by atoms with E-state index in [1.807, 2.05) is 6.20 Å². The number of aromatic nitrogens is 1. The lowest BCUT2D eigenvalue weighted by molar-refractivity contribution is 0.787. The number of nitrogens with one attached hydrogen (secondary N) is 2. The Labute approximate surface area is 149 Å². The molecule has 1 aromatic heterocycles. The summed E-state index contributed by atoms with van der Waals surface area (Å²) in [5, 5.41) is 7.83. The first-order valence-corrected chi connectivity index (χ1v) is 9.30. The number of aliphatic imine (C=N–C) groups is 1. The Morgan fingerprint density at radius 2 is 1.88 bits per heavy atom. The Kier molecular flexibility index (Phi) is 6.79. The Morgan fingerprint density at radius 3 is 2.46 bits per heavy atom. The molecule has 0 spiro atoms. The molecule has 0 aliphatic heterocycles. The van der Waals surface area contributed by atoms with Gasteiger partial charge in [-0.1, -0.05) is 24.6 Å². The van der Waals surface area contributed by atoms with Crippen LogP contribution in [-0.2, 0) is 19.4 Å². The summed E-state index contributed by atoms with van der Waals surface area (Å²) in [6.45, 7) is 10.3. The third-order valence-electron chi connectivity index (χ3n) is 4.09. The van der Waals surface area contributed by atoms with Crippen LogP contribution >= 0.6 is 11.3 Å². The molecule has 1 aromatic carbocycles. The second kappa shape index (κ2) is 8.83. The molecule has 0 bridgehead atoms. The van der Waals surface area contributed by atoms with E-state index in [0.717, 1.165) is 30.4 Å². The number of thiazole rings is 1. The van der Waals surface area contributed by atoms with Gasteiger partial charge in [0, 0.05) is 24.7 Å². The van der Waals surface area contributed by atoms with Crippen LogP contribution in [0.2, 0.25) is 0 Å². The predicted molar refractivity (Wildman–Crippen MR) is 104 cm³/mol. The average molecular weight is 345 g/mol. The first-order valence-electron chi connectivity index (χ1n) is 8.48. The molecular weight excluding hydrogens is 316 g/mol. The SMILES string of the molecule is CCc1cnc(CNC(=NC)NCCc2c(C)cc(C)cc2C)s1. The highest BCUT2D eigenvalue weighted by molar-refractivity contribution is 7.11. The van der Waals surface area contributed by atoms with Crippen LogP contribution in [0.5, 0.6) is 0 Å². The minimum atomic E-state index is 0.715. The maximum atomic E-state index is 4.43. The van der Waals surface area contributed by atoms with Gasteiger partial charge in [-0.25, -0.2) is 4.98 Å². The van der Waals surface area contributed by atoms with Crippen LogP contribution < -0.4 is 10.6 Å². The summed E-state index contributed by atoms with van der Waals surface area (Å²) in [5.74, 6) is 0.825. The van der Waals surface area contributed by atoms with Crippen molar-refractivity contribution in [1.82, 2.24) is 15.6 Å². The second-order valence-electron chi connectivity index (χ2n) is 6.05. The summed E-state index contributed by atoms with van der Waals surface area (Å²) in [6.07, 6.45) is 4.00. The van der Waals surface area contributed by atoms with E-state index in [0.29, 0.717) is 6.54 Å². The minimum Gasteiger partial charge on any atom is -0.356 e. The number of rotatable bonds is 6. The van der Waals surface area contributed by atoms with Gasteiger partial charge in [0.2, 0.25) is 0 Å². The van der Waals surface area contributed by atoms with E-state index in [1.54, 1.807) is 18.4 Å². The predicted octanol–water partition coefficient (Wildman–Crippen LogP) is 3.54. The largest absolute Gasteiger partial charge is 0.356 e. The Morgan fingerprint density at radius 1 is 1.17 bits per heavy atom. The van der Waals surface area contributed by atoms with Gasteiger partial charge in [-0.15, -0.1) is 11.3 Å². The fourth-order valence-corrected chi connectivity index (χ4v) is 3.69. The quantitative estimate of drug-likeness (QED) is 0.622. The van der Waals surface area contributed by atoms with Crippen LogP contribution in [0, 0.1) is 20.8 Å². The molecule has 0 unspecified atom stereocenters. The van der Waals surface area contributed by atoms with E-state index < -0.39 is 0 Å². The van der Waals surface area contributed by atoms with E-state index in [4.69, 9.17) is 0 Å². The summed E-state index contributed by atoms with van der Waals surface area (Å²) < 4.78 is 0. The highest BCUT2D eigenvalue weighted by Gasteiger charge is 2.05. The second-order valence-corrected chi connectivity index (χ2v) is 7.25. The standard InChI is InChI=1S/C19H28N4S/c1-6-16-11-22-18(24-16)12-23-19(20-5)21-8-7-17-14(3)9-13(2)10-15(17)4/h9-11H,6-8,12H2,1-5H3,(H2,20,21,23). The summed E-state index contributed by atoms with van der Waals surface area (Å²) in [6, 6.07) is 4.51. The van der Waals surface area contributed by atoms with E-state index >= 15 is 0 Å². The van der Waals surface area contributed by atoms with Gasteiger partial charge in [-0.05, 0) is 50.3 Å². The monoisotopic (exact) mass is 344 g/mol. The first kappa shape index (κ1) is 18.5. The number of guanidine groups is 1. The lowest BCUT2D eigenvalue weighted by Gasteiger charge is -2.14. The maximum absolute atomic E-state index is 4.43. The number of hydrogen-bond acceptors (Lipinski definition) is 3. The highest BCUT2D eigenvalue weighted by Crippen LogP contribution is 2.16. The number of nitrogens with zero attached hydrogens (tertiary/aromatic N) is 2. The van der Waals surface area contributed by atoms with Gasteiger partial charge < -0.3 is 10.6 Å². The zero-order valence-electron chi connectivity index (χ0n) is 15.4. The topological polar surface area (TPSA) is 49.3 Å². The van der Waals surface area contributed by atoms with E-state index in [9.17, 15) is 0 Å². The van der Waals surface area contributed by atoms with Crippen molar-refractivity contribution in [3.8, 4) is 0 Å². The zero-order valence-corrected chi connectivity index (χ0v) is 16.2. The third-order valence-corrected chi connectivity index (χ3v) is 5.23. The third kappa shape index (κ3) is 5.06. The van der Waals surface area contributed by atoms with Crippen molar-refractivity contribution in [2.24, 2.45) is 4.99 Å². The molecule has 2 rings (SSSR count). The Balaban J connectivity index is 1.84. The zero-order chi connectivity index (χ0) is 17.5. The normalized spacial score (nSPS) is 11.6. The summed E-state index contributed by atoms with van der Waals surface area (Å²) in [4.78, 5) is 10.0. The van der Waals surface area contributed by atoms with Crippen LogP contribution in [-0.4, -0.2) is 24.5 Å². The minimum absolute atomic E-state index is 0.715. The molecule has 2 aromatic rings. The van der Waals surface area contributed by atoms with Gasteiger partial charge in [0.1, 0.15) is 5.01 Å². The van der Waals surface area contributed by atoms with Crippen molar-refractivity contribution >= 4 is 17.3 Å². The molecular formula is C19H28N4S. The van der Waals surface area contributed by atoms with Crippen molar-refractivity contribution in [2.45, 2.75) is 47.1 Å². The molecule has 0 saturated carbocycles. The van der Waals surface area contributed by atoms with Crippen LogP contribution in [0.4, 0.5) is 0 Å². The summed E-state index contributed by atoms with van der Waals surface area (Å²) >= 11 is 1.75. The van der Waals surface area contributed by atoms with Crippen molar-refractivity contribution in [2.75, 3.05) is 13.6 Å². The van der Waals surface area contributed by atoms with Gasteiger partial charge >= 0.3 is 0 Å². The molecule has 0 saturated heterocycles. The lowest BCUT2D eigenvalue weighted by atomic mass is 9.97. The molecule has 0 radical (unpaired) electrons. The van der Waals surface area contributed by atoms with Crippen molar-refractivity contribution in [3.63, 3.8) is 0 Å². The molecule has 2 N–H and O–H groups in total. The number of hydrogen-bond donors (Lipinski definition) is 2. The van der Waals surface area contributed by atoms with Crippen LogP contribution in [0.1, 0.15) is 39.1 Å². The molecule has 130 valence electrons. The van der Waals surface area contributed by atoms with E-state index in [-0.39, 0.29) is 0 Å². The first-order chi connectivity index (χ1) is 11.5. The molecule has 5 heteroatoms. The molecule has 0 aliphatic carbocycles. The fraction of sp³-hybridized carbons (Fsp3) is 0.474. The van der Waals surface area contributed by atoms with Gasteiger partial charge in [-0.2, -0.15) is 0 Å². The van der Waals surface area contributed by atoms with Gasteiger partial charge in [0.15, 0.2) is 5.96 Å². The summed E-state index contributed by atoms with van der Waals surface area (Å²) in [5.41, 5.74) is 5.49. The van der Waals surface area contributed by atoms with Crippen LogP contribution in [0.15, 0.2) is 23.3 Å². The van der Waals surface area contributed by atoms with Crippen molar-refractivity contribution < 1.29 is 0 Å². The highest BCUT2D eigenvalue weighted by atomic mass is 32.1. The molecule has 1 heterocycles. The Hall–Kier alpha value is -1.88. The van der Waals surface area contributed by atoms with Crippen molar-refractivity contribution in [3.05, 3.63) is 50.5 Å². The molecule has 24 heavy (non-hydrogen) atoms. The van der Waals surface area contributed by atoms with E-state index in [2.05, 4.69) is 60.4 Å². The molecule has 0 aliphatic rings. The lowest BCUT2D eigenvalue weighted by Crippen LogP contribution is -2.37.